The fourth-order valence-electron chi connectivity index (χ4n) is 3.30. The Balaban J connectivity index is 2.07. The highest BCUT2D eigenvalue weighted by atomic mass is 16.2. The minimum Gasteiger partial charge on any atom is -0.342 e. The van der Waals surface area contributed by atoms with Gasteiger partial charge < -0.3 is 10.6 Å². The van der Waals surface area contributed by atoms with Crippen LogP contribution in [0.25, 0.3) is 0 Å². The molecule has 1 fully saturated rings. The van der Waals surface area contributed by atoms with Gasteiger partial charge in [0, 0.05) is 19.1 Å². The average Bonchev–Trinajstić information content (AvgIpc) is 2.54. The number of carbonyl (C=O) groups is 1. The molecule has 3 heteroatoms. The highest BCUT2D eigenvalue weighted by Crippen LogP contribution is 2.29. The van der Waals surface area contributed by atoms with Crippen LogP contribution in [0.5, 0.6) is 0 Å². The first kappa shape index (κ1) is 17.0. The summed E-state index contributed by atoms with van der Waals surface area (Å²) in [6, 6.07) is 8.70. The molecule has 0 aromatic heterocycles. The Hall–Kier alpha value is -1.35. The van der Waals surface area contributed by atoms with Crippen molar-refractivity contribution in [3.63, 3.8) is 0 Å². The SMILES string of the molecule is CCc1ccc(C(C)(C)C(=O)N2CCC(C(C)N)CC2)cc1. The maximum Gasteiger partial charge on any atom is 0.232 e. The summed E-state index contributed by atoms with van der Waals surface area (Å²) in [5.41, 5.74) is 7.94. The lowest BCUT2D eigenvalue weighted by Crippen LogP contribution is -2.48. The van der Waals surface area contributed by atoms with E-state index in [1.54, 1.807) is 0 Å². The number of carbonyl (C=O) groups excluding carboxylic acids is 1. The lowest BCUT2D eigenvalue weighted by atomic mass is 9.81. The number of nitrogens with two attached hydrogens (primary N) is 1. The second-order valence-electron chi connectivity index (χ2n) is 7.16. The van der Waals surface area contributed by atoms with Crippen molar-refractivity contribution < 1.29 is 4.79 Å². The summed E-state index contributed by atoms with van der Waals surface area (Å²) in [7, 11) is 0. The monoisotopic (exact) mass is 302 g/mol. The fraction of sp³-hybridized carbons (Fsp3) is 0.632. The van der Waals surface area contributed by atoms with Crippen molar-refractivity contribution in [3.05, 3.63) is 35.4 Å². The molecule has 1 amide bonds. The van der Waals surface area contributed by atoms with Crippen LogP contribution in [0, 0.1) is 5.92 Å². The van der Waals surface area contributed by atoms with Crippen LogP contribution < -0.4 is 5.73 Å². The number of hydrogen-bond donors (Lipinski definition) is 1. The molecular formula is C19H30N2O. The van der Waals surface area contributed by atoms with E-state index in [1.807, 2.05) is 18.7 Å². The minimum absolute atomic E-state index is 0.229. The summed E-state index contributed by atoms with van der Waals surface area (Å²) < 4.78 is 0. The predicted octanol–water partition coefficient (Wildman–Crippen LogP) is 3.11. The smallest absolute Gasteiger partial charge is 0.232 e. The summed E-state index contributed by atoms with van der Waals surface area (Å²) in [6.07, 6.45) is 3.07. The number of aryl methyl sites for hydroxylation is 1. The summed E-state index contributed by atoms with van der Waals surface area (Å²) in [5.74, 6) is 0.788. The van der Waals surface area contributed by atoms with Gasteiger partial charge in [0.15, 0.2) is 0 Å². The average molecular weight is 302 g/mol. The van der Waals surface area contributed by atoms with Gasteiger partial charge in [-0.3, -0.25) is 4.79 Å². The normalized spacial score (nSPS) is 18.3. The van der Waals surface area contributed by atoms with E-state index in [2.05, 4.69) is 38.1 Å². The molecule has 2 rings (SSSR count). The molecule has 1 aliphatic rings. The summed E-state index contributed by atoms with van der Waals surface area (Å²) in [6.45, 7) is 9.96. The van der Waals surface area contributed by atoms with E-state index >= 15 is 0 Å². The van der Waals surface area contributed by atoms with Crippen molar-refractivity contribution in [2.24, 2.45) is 11.7 Å². The molecule has 0 radical (unpaired) electrons. The molecule has 1 aromatic rings. The zero-order valence-corrected chi connectivity index (χ0v) is 14.4. The van der Waals surface area contributed by atoms with Gasteiger partial charge in [-0.15, -0.1) is 0 Å². The van der Waals surface area contributed by atoms with Crippen LogP contribution in [0.1, 0.15) is 51.7 Å². The van der Waals surface area contributed by atoms with Crippen LogP contribution in [-0.4, -0.2) is 29.9 Å². The third kappa shape index (κ3) is 3.52. The van der Waals surface area contributed by atoms with E-state index in [0.29, 0.717) is 5.92 Å². The Morgan fingerprint density at radius 3 is 2.27 bits per heavy atom. The maximum absolute atomic E-state index is 12.9. The van der Waals surface area contributed by atoms with Gasteiger partial charge in [0.2, 0.25) is 5.91 Å². The first-order valence-electron chi connectivity index (χ1n) is 8.50. The number of rotatable bonds is 4. The number of nitrogens with zero attached hydrogens (tertiary/aromatic N) is 1. The van der Waals surface area contributed by atoms with Gasteiger partial charge in [-0.25, -0.2) is 0 Å². The summed E-state index contributed by atoms with van der Waals surface area (Å²) >= 11 is 0. The second kappa shape index (κ2) is 6.82. The van der Waals surface area contributed by atoms with E-state index in [4.69, 9.17) is 5.73 Å². The van der Waals surface area contributed by atoms with Gasteiger partial charge in [0.25, 0.3) is 0 Å². The van der Waals surface area contributed by atoms with Gasteiger partial charge in [0.05, 0.1) is 5.41 Å². The Kier molecular flexibility index (Phi) is 5.28. The van der Waals surface area contributed by atoms with E-state index in [9.17, 15) is 4.79 Å². The molecule has 0 aliphatic carbocycles. The van der Waals surface area contributed by atoms with Crippen molar-refractivity contribution in [3.8, 4) is 0 Å². The molecule has 1 heterocycles. The summed E-state index contributed by atoms with van der Waals surface area (Å²) in [5, 5.41) is 0. The minimum atomic E-state index is -0.465. The third-order valence-corrected chi connectivity index (χ3v) is 5.19. The molecule has 2 N–H and O–H groups in total. The Morgan fingerprint density at radius 1 is 1.27 bits per heavy atom. The Labute approximate surface area is 134 Å². The van der Waals surface area contributed by atoms with E-state index in [1.165, 1.54) is 5.56 Å². The van der Waals surface area contributed by atoms with Gasteiger partial charge in [-0.05, 0) is 57.1 Å². The van der Waals surface area contributed by atoms with Crippen LogP contribution >= 0.6 is 0 Å². The number of piperidine rings is 1. The zero-order chi connectivity index (χ0) is 16.3. The van der Waals surface area contributed by atoms with Crippen LogP contribution in [-0.2, 0) is 16.6 Å². The van der Waals surface area contributed by atoms with Crippen LogP contribution in [0.4, 0.5) is 0 Å². The first-order chi connectivity index (χ1) is 10.4. The summed E-state index contributed by atoms with van der Waals surface area (Å²) in [4.78, 5) is 15.0. The second-order valence-corrected chi connectivity index (χ2v) is 7.16. The molecule has 3 nitrogen and oxygen atoms in total. The molecule has 122 valence electrons. The molecule has 1 unspecified atom stereocenters. The maximum atomic E-state index is 12.9. The zero-order valence-electron chi connectivity index (χ0n) is 14.4. The number of amides is 1. The molecule has 0 bridgehead atoms. The van der Waals surface area contributed by atoms with E-state index in [-0.39, 0.29) is 11.9 Å². The lowest BCUT2D eigenvalue weighted by Gasteiger charge is -2.38. The van der Waals surface area contributed by atoms with Crippen LogP contribution in [0.15, 0.2) is 24.3 Å². The van der Waals surface area contributed by atoms with Crippen LogP contribution in [0.2, 0.25) is 0 Å². The highest BCUT2D eigenvalue weighted by molar-refractivity contribution is 5.87. The first-order valence-corrected chi connectivity index (χ1v) is 8.50. The van der Waals surface area contributed by atoms with Crippen molar-refractivity contribution in [2.45, 2.75) is 58.4 Å². The Bertz CT molecular complexity index is 497. The quantitative estimate of drug-likeness (QED) is 0.929. The van der Waals surface area contributed by atoms with Gasteiger partial charge in [-0.1, -0.05) is 31.2 Å². The number of hydrogen-bond acceptors (Lipinski definition) is 2. The topological polar surface area (TPSA) is 46.3 Å². The van der Waals surface area contributed by atoms with Crippen molar-refractivity contribution in [2.75, 3.05) is 13.1 Å². The van der Waals surface area contributed by atoms with Crippen molar-refractivity contribution >= 4 is 5.91 Å². The molecule has 1 aromatic carbocycles. The largest absolute Gasteiger partial charge is 0.342 e. The third-order valence-electron chi connectivity index (χ3n) is 5.19. The molecule has 22 heavy (non-hydrogen) atoms. The highest BCUT2D eigenvalue weighted by Gasteiger charge is 2.35. The molecule has 1 saturated heterocycles. The van der Waals surface area contributed by atoms with E-state index < -0.39 is 5.41 Å². The number of likely N-dealkylation sites (tertiary alicyclic amines) is 1. The molecular weight excluding hydrogens is 272 g/mol. The van der Waals surface area contributed by atoms with Crippen LogP contribution in [0.3, 0.4) is 0 Å². The molecule has 1 aliphatic heterocycles. The lowest BCUT2D eigenvalue weighted by molar-refractivity contribution is -0.137. The van der Waals surface area contributed by atoms with Gasteiger partial charge in [-0.2, -0.15) is 0 Å². The van der Waals surface area contributed by atoms with Crippen molar-refractivity contribution in [1.82, 2.24) is 4.90 Å². The number of benzene rings is 1. The molecule has 0 spiro atoms. The van der Waals surface area contributed by atoms with Gasteiger partial charge in [0.1, 0.15) is 0 Å². The molecule has 1 atom stereocenters. The predicted molar refractivity (Wildman–Crippen MR) is 91.8 cm³/mol. The standard InChI is InChI=1S/C19H30N2O/c1-5-15-6-8-17(9-7-15)19(3,4)18(22)21-12-10-16(11-13-21)14(2)20/h6-9,14,16H,5,10-13,20H2,1-4H3. The van der Waals surface area contributed by atoms with Gasteiger partial charge >= 0.3 is 0 Å². The fourth-order valence-corrected chi connectivity index (χ4v) is 3.30. The van der Waals surface area contributed by atoms with Crippen molar-refractivity contribution in [1.29, 1.82) is 0 Å². The molecule has 0 saturated carbocycles. The Morgan fingerprint density at radius 2 is 1.82 bits per heavy atom. The van der Waals surface area contributed by atoms with E-state index in [0.717, 1.165) is 37.9 Å².